The largest absolute Gasteiger partial charge is 0.467 e. The molecule has 0 unspecified atom stereocenters. The molecule has 1 amide bonds. The van der Waals surface area contributed by atoms with Crippen LogP contribution in [-0.4, -0.2) is 75.9 Å². The van der Waals surface area contributed by atoms with Crippen LogP contribution < -0.4 is 9.64 Å². The molecule has 9 nitrogen and oxygen atoms in total. The lowest BCUT2D eigenvalue weighted by Gasteiger charge is -2.24. The molecule has 3 rings (SSSR count). The molecule has 2 aliphatic heterocycles. The highest BCUT2D eigenvalue weighted by Crippen LogP contribution is 2.36. The molecule has 200 valence electrons. The van der Waals surface area contributed by atoms with Crippen LogP contribution in [-0.2, 0) is 18.9 Å². The Morgan fingerprint density at radius 1 is 1.30 bits per heavy atom. The second kappa shape index (κ2) is 11.8. The molecule has 1 fully saturated rings. The first kappa shape index (κ1) is 28.8. The average Bonchev–Trinajstić information content (AvgIpc) is 3.14. The van der Waals surface area contributed by atoms with E-state index in [1.54, 1.807) is 45.9 Å². The number of fused-ring (bicyclic) bond motifs is 2. The summed E-state index contributed by atoms with van der Waals surface area (Å²) in [7, 11) is 8.37. The van der Waals surface area contributed by atoms with Gasteiger partial charge in [0.25, 0.3) is 0 Å². The maximum absolute atomic E-state index is 15.0. The molecule has 5 atom stereocenters. The number of ether oxygens (including phenoxy) is 5. The third kappa shape index (κ3) is 6.78. The Morgan fingerprint density at radius 3 is 2.65 bits per heavy atom. The van der Waals surface area contributed by atoms with Gasteiger partial charge in [-0.2, -0.15) is 0 Å². The van der Waals surface area contributed by atoms with Gasteiger partial charge in [-0.15, -0.1) is 0 Å². The number of hydrogen-bond donors (Lipinski definition) is 1. The van der Waals surface area contributed by atoms with Crippen LogP contribution in [0.25, 0.3) is 6.08 Å². The lowest BCUT2D eigenvalue weighted by atomic mass is 9.98. The van der Waals surface area contributed by atoms with E-state index in [4.69, 9.17) is 31.5 Å². The van der Waals surface area contributed by atoms with E-state index < -0.39 is 53.7 Å². The first-order chi connectivity index (χ1) is 17.3. The van der Waals surface area contributed by atoms with Gasteiger partial charge < -0.3 is 33.7 Å². The fourth-order valence-electron chi connectivity index (χ4n) is 4.15. The van der Waals surface area contributed by atoms with Crippen LogP contribution in [0.15, 0.2) is 30.1 Å². The van der Waals surface area contributed by atoms with Crippen LogP contribution >= 0.6 is 0 Å². The van der Waals surface area contributed by atoms with E-state index in [-0.39, 0.29) is 24.5 Å². The Kier molecular flexibility index (Phi) is 9.17. The molecule has 11 heteroatoms. The summed E-state index contributed by atoms with van der Waals surface area (Å²) in [6.45, 7) is 6.48. The van der Waals surface area contributed by atoms with Gasteiger partial charge in [0.05, 0.1) is 6.10 Å². The Labute approximate surface area is 217 Å². The molecular weight excluding hydrogens is 484 g/mol. The third-order valence-corrected chi connectivity index (χ3v) is 6.31. The number of nitrogens with zero attached hydrogens (tertiary/aromatic N) is 1. The normalized spacial score (nSPS) is 29.2. The van der Waals surface area contributed by atoms with Gasteiger partial charge in [-0.3, -0.25) is 4.79 Å². The Bertz CT molecular complexity index is 1070. The highest BCUT2D eigenvalue weighted by Gasteiger charge is 2.45. The number of esters is 1. The number of rotatable bonds is 4. The average molecular weight is 517 g/mol. The topological polar surface area (TPSA) is 104 Å². The first-order valence-corrected chi connectivity index (χ1v) is 12.0. The van der Waals surface area contributed by atoms with E-state index in [1.807, 2.05) is 0 Å². The van der Waals surface area contributed by atoms with E-state index in [0.717, 1.165) is 0 Å². The third-order valence-electron chi connectivity index (χ3n) is 6.31. The fraction of sp³-hybridized carbons (Fsp3) is 0.538. The van der Waals surface area contributed by atoms with Gasteiger partial charge in [0.1, 0.15) is 35.5 Å². The predicted octanol–water partition coefficient (Wildman–Crippen LogP) is 3.73. The second-order valence-corrected chi connectivity index (χ2v) is 9.60. The first-order valence-electron chi connectivity index (χ1n) is 12.0. The maximum Gasteiger partial charge on any atom is 0.342 e. The van der Waals surface area contributed by atoms with Crippen molar-refractivity contribution in [3.05, 3.63) is 41.2 Å². The number of aliphatic hydroxyl groups excluding tert-OH is 1. The molecule has 1 N–H and O–H groups in total. The van der Waals surface area contributed by atoms with E-state index in [1.165, 1.54) is 31.2 Å². The molecule has 2 aliphatic rings. The number of benzene rings is 1. The molecular formula is C26H33BFNO8. The number of carbonyl (C=O) groups excluding carboxylic acids is 2. The highest BCUT2D eigenvalue weighted by molar-refractivity contribution is 6.60. The van der Waals surface area contributed by atoms with Gasteiger partial charge >= 0.3 is 5.97 Å². The Morgan fingerprint density at radius 2 is 2.00 bits per heavy atom. The summed E-state index contributed by atoms with van der Waals surface area (Å²) < 4.78 is 43.1. The van der Waals surface area contributed by atoms with Crippen LogP contribution in [0.5, 0.6) is 5.75 Å². The molecule has 0 saturated carbocycles. The van der Waals surface area contributed by atoms with Crippen molar-refractivity contribution in [2.45, 2.75) is 64.3 Å². The lowest BCUT2D eigenvalue weighted by molar-refractivity contribution is -0.153. The molecule has 2 heterocycles. The lowest BCUT2D eigenvalue weighted by Crippen LogP contribution is -2.36. The Balaban J connectivity index is 2.15. The van der Waals surface area contributed by atoms with E-state index in [9.17, 15) is 14.7 Å². The summed E-state index contributed by atoms with van der Waals surface area (Å²) in [5, 5.41) is 10.7. The minimum atomic E-state index is -1.56. The quantitative estimate of drug-likeness (QED) is 0.366. The van der Waals surface area contributed by atoms with Crippen molar-refractivity contribution in [3.8, 4) is 5.75 Å². The zero-order chi connectivity index (χ0) is 27.5. The molecule has 0 aliphatic carbocycles. The molecule has 0 spiro atoms. The van der Waals surface area contributed by atoms with Gasteiger partial charge in [-0.25, -0.2) is 9.18 Å². The van der Waals surface area contributed by atoms with Crippen LogP contribution in [0.4, 0.5) is 14.9 Å². The van der Waals surface area contributed by atoms with Gasteiger partial charge in [0.2, 0.25) is 7.85 Å². The zero-order valence-electron chi connectivity index (χ0n) is 21.9. The van der Waals surface area contributed by atoms with Crippen molar-refractivity contribution in [1.82, 2.24) is 0 Å². The van der Waals surface area contributed by atoms with Crippen LogP contribution in [0.1, 0.15) is 50.0 Å². The number of anilines is 1. The number of halogens is 1. The van der Waals surface area contributed by atoms with Gasteiger partial charge in [-0.05, 0) is 44.9 Å². The summed E-state index contributed by atoms with van der Waals surface area (Å²) in [6.07, 6.45) is 0.816. The predicted molar refractivity (Wildman–Crippen MR) is 135 cm³/mol. The summed E-state index contributed by atoms with van der Waals surface area (Å²) in [6, 6.07) is 3.08. The monoisotopic (exact) mass is 517 g/mol. The number of carbonyl (C=O) groups is 2. The van der Waals surface area contributed by atoms with Crippen molar-refractivity contribution in [1.29, 1.82) is 0 Å². The van der Waals surface area contributed by atoms with E-state index in [2.05, 4.69) is 0 Å². The molecule has 1 saturated heterocycles. The van der Waals surface area contributed by atoms with Crippen LogP contribution in [0.2, 0.25) is 0 Å². The van der Waals surface area contributed by atoms with Crippen LogP contribution in [0.3, 0.4) is 0 Å². The number of aliphatic hydroxyl groups is 1. The maximum atomic E-state index is 15.0. The standard InChI is InChI=1S/C26H33BFNO8/c1-14-10-18(28)22(30)23-19(36-26(3,4)37-23)9-7-8-16-11-17(29(5)25(27)32)12-20(34-13-33-6)21(16)24(31)35-15(14)2/h7-8,10-12,14-15,19,22-23,30H,9,13H2,1-6H3/b8-7?,18-10+/t14-,15+,19+,22-,23+/m1/s1. The highest BCUT2D eigenvalue weighted by atomic mass is 19.1. The Hall–Kier alpha value is -2.73. The molecule has 0 aromatic heterocycles. The number of methoxy groups -OCH3 is 1. The molecule has 2 radical (unpaired) electrons. The molecule has 1 aromatic rings. The number of amides is 1. The number of cyclic esters (lactones) is 1. The summed E-state index contributed by atoms with van der Waals surface area (Å²) in [5.74, 6) is -3.73. The fourth-order valence-corrected chi connectivity index (χ4v) is 4.15. The second-order valence-electron chi connectivity index (χ2n) is 9.60. The molecule has 37 heavy (non-hydrogen) atoms. The minimum absolute atomic E-state index is 0.0935. The van der Waals surface area contributed by atoms with Gasteiger partial charge in [-0.1, -0.05) is 19.1 Å². The molecule has 0 bridgehead atoms. The van der Waals surface area contributed by atoms with Crippen molar-refractivity contribution in [3.63, 3.8) is 0 Å². The van der Waals surface area contributed by atoms with Crippen molar-refractivity contribution >= 4 is 31.4 Å². The zero-order valence-corrected chi connectivity index (χ0v) is 21.9. The smallest absolute Gasteiger partial charge is 0.342 e. The summed E-state index contributed by atoms with van der Waals surface area (Å²) in [4.78, 5) is 26.4. The van der Waals surface area contributed by atoms with Crippen molar-refractivity contribution in [2.75, 3.05) is 25.9 Å². The van der Waals surface area contributed by atoms with Crippen LogP contribution in [0, 0.1) is 5.92 Å². The number of hydrogen-bond acceptors (Lipinski definition) is 8. The summed E-state index contributed by atoms with van der Waals surface area (Å²) >= 11 is 0. The molecule has 1 aromatic carbocycles. The van der Waals surface area contributed by atoms with Gasteiger partial charge in [0, 0.05) is 31.8 Å². The van der Waals surface area contributed by atoms with Crippen molar-refractivity contribution < 1.29 is 42.8 Å². The van der Waals surface area contributed by atoms with Crippen molar-refractivity contribution in [2.24, 2.45) is 5.92 Å². The minimum Gasteiger partial charge on any atom is -0.467 e. The van der Waals surface area contributed by atoms with E-state index >= 15 is 4.39 Å². The summed E-state index contributed by atoms with van der Waals surface area (Å²) in [5.41, 5.74) is 0.851. The van der Waals surface area contributed by atoms with E-state index in [0.29, 0.717) is 11.3 Å². The SMILES string of the molecule is [B]C(=O)N(C)c1cc2c(c(OCOC)c1)C(=O)O[C@@H](C)[C@H](C)/C=C(/F)[C@@H](O)[C@H]1OC(C)(C)O[C@H]1CC=C2. The van der Waals surface area contributed by atoms with Gasteiger partial charge in [0.15, 0.2) is 18.4 Å².